The number of alkyl carbamates (subject to hydrolysis) is 1. The minimum absolute atomic E-state index is 0.0397. The summed E-state index contributed by atoms with van der Waals surface area (Å²) in [5, 5.41) is 33.4. The van der Waals surface area contributed by atoms with E-state index in [0.29, 0.717) is 22.0 Å². The van der Waals surface area contributed by atoms with Crippen molar-refractivity contribution in [3.05, 3.63) is 153 Å². The van der Waals surface area contributed by atoms with Gasteiger partial charge < -0.3 is 39.7 Å². The van der Waals surface area contributed by atoms with Crippen molar-refractivity contribution in [2.45, 2.75) is 86.7 Å². The average molecular weight is 1070 g/mol. The highest BCUT2D eigenvalue weighted by Crippen LogP contribution is 2.49. The minimum Gasteiger partial charge on any atom is -0.619 e. The van der Waals surface area contributed by atoms with E-state index in [4.69, 9.17) is 52.1 Å². The summed E-state index contributed by atoms with van der Waals surface area (Å²) in [5.74, 6) is -2.00. The molecule has 0 unspecified atom stereocenters. The van der Waals surface area contributed by atoms with Crippen LogP contribution in [0.3, 0.4) is 0 Å². The van der Waals surface area contributed by atoms with Gasteiger partial charge in [-0.2, -0.15) is 17.8 Å². The lowest BCUT2D eigenvalue weighted by atomic mass is 9.74. The maximum absolute atomic E-state index is 14.8. The van der Waals surface area contributed by atoms with Crippen molar-refractivity contribution in [2.24, 2.45) is 11.8 Å². The van der Waals surface area contributed by atoms with Crippen LogP contribution in [0.25, 0.3) is 0 Å². The molecule has 1 saturated carbocycles. The van der Waals surface area contributed by atoms with Crippen LogP contribution in [0, 0.1) is 17.0 Å². The monoisotopic (exact) mass is 1070 g/mol. The number of carbonyl (C=O) groups is 3. The molecule has 4 aromatic carbocycles. The van der Waals surface area contributed by atoms with E-state index in [9.17, 15) is 37.1 Å². The summed E-state index contributed by atoms with van der Waals surface area (Å²) in [6, 6.07) is 26.3. The van der Waals surface area contributed by atoms with Gasteiger partial charge in [0, 0.05) is 24.6 Å². The third-order valence-corrected chi connectivity index (χ3v) is 16.5. The number of pyridine rings is 1. The Morgan fingerprint density at radius 1 is 0.877 bits per heavy atom. The summed E-state index contributed by atoms with van der Waals surface area (Å²) in [4.78, 5) is 37.8. The highest BCUT2D eigenvalue weighted by molar-refractivity contribution is 7.89. The molecular weight excluding hydrogens is 1010 g/mol. The first-order chi connectivity index (χ1) is 35.1. The molecule has 4 aliphatic heterocycles. The molecule has 16 nitrogen and oxygen atoms in total. The predicted octanol–water partition coefficient (Wildman–Crippen LogP) is 8.84. The van der Waals surface area contributed by atoms with E-state index < -0.39 is 46.2 Å². The predicted molar refractivity (Wildman–Crippen MR) is 263 cm³/mol. The second-order valence-corrected chi connectivity index (χ2v) is 21.2. The van der Waals surface area contributed by atoms with Crippen LogP contribution >= 0.6 is 23.2 Å². The number of hydrogen-bond donors (Lipinski definition) is 3. The van der Waals surface area contributed by atoms with Crippen molar-refractivity contribution in [2.75, 3.05) is 32.8 Å². The maximum atomic E-state index is 14.8. The standard InChI is InChI=1S/C51H52Cl2F2N4O10S.CH2O2/c52-42-27-58(63)28-43(53)40(42)26-41(36-14-17-44(68-49(54)55)45(25-36)67-31-32-10-11-32)51(48(60)61)20-5-21-59(51)70(64,65)39-15-12-33(13-16-39)30-66-38-9-4-8-37(24-38)47(35-6-2-1-3-7-35)56-50(62)69-46-29-57-22-18-34(46)19-23-57;2-1-3/h1-4,6-9,12-17,24-25,27-28,32,34,41,46-47,49H,5,10-11,18-23,26,29-31H2,(H,56,62)(H,60,61);1H,(H,2,3)/t41-,46-,47-,51-;/m0./s1. The van der Waals surface area contributed by atoms with Gasteiger partial charge in [0.2, 0.25) is 10.0 Å². The third kappa shape index (κ3) is 12.4. The topological polar surface area (TPSA) is 208 Å². The van der Waals surface area contributed by atoms with E-state index in [0.717, 1.165) is 73.1 Å². The van der Waals surface area contributed by atoms with Crippen LogP contribution in [0.5, 0.6) is 17.2 Å². The summed E-state index contributed by atoms with van der Waals surface area (Å²) in [5.41, 5.74) is 0.463. The van der Waals surface area contributed by atoms with E-state index in [1.165, 1.54) is 30.3 Å². The van der Waals surface area contributed by atoms with Crippen LogP contribution in [0.4, 0.5) is 13.6 Å². The van der Waals surface area contributed by atoms with Gasteiger partial charge >= 0.3 is 18.7 Å². The summed E-state index contributed by atoms with van der Waals surface area (Å²) in [6.45, 7) is -0.580. The molecule has 21 heteroatoms. The molecule has 1 amide bonds. The van der Waals surface area contributed by atoms with Crippen molar-refractivity contribution < 1.29 is 65.5 Å². The molecule has 388 valence electrons. The van der Waals surface area contributed by atoms with E-state index in [-0.39, 0.29) is 95.1 Å². The van der Waals surface area contributed by atoms with E-state index >= 15 is 0 Å². The lowest BCUT2D eigenvalue weighted by Crippen LogP contribution is -2.57. The van der Waals surface area contributed by atoms with Crippen LogP contribution in [0.2, 0.25) is 10.0 Å². The minimum atomic E-state index is -4.57. The number of nitrogens with one attached hydrogen (secondary N) is 1. The number of carbonyl (C=O) groups excluding carboxylic acids is 1. The van der Waals surface area contributed by atoms with Crippen LogP contribution in [0.1, 0.15) is 78.3 Å². The zero-order valence-corrected chi connectivity index (χ0v) is 41.7. The molecule has 2 bridgehead atoms. The first-order valence-corrected chi connectivity index (χ1v) is 26.0. The quantitative estimate of drug-likeness (QED) is 0.0402. The first kappa shape index (κ1) is 53.1. The summed E-state index contributed by atoms with van der Waals surface area (Å²) in [6.07, 6.45) is 4.99. The number of piperidine rings is 3. The van der Waals surface area contributed by atoms with Gasteiger partial charge in [-0.25, -0.2) is 13.2 Å². The van der Waals surface area contributed by atoms with Crippen molar-refractivity contribution in [3.63, 3.8) is 0 Å². The Kier molecular flexibility index (Phi) is 16.9. The van der Waals surface area contributed by atoms with Crippen molar-refractivity contribution >= 4 is 51.8 Å². The number of rotatable bonds is 19. The molecule has 1 aromatic heterocycles. The number of fused-ring (bicyclic) bond motifs is 3. The van der Waals surface area contributed by atoms with Gasteiger partial charge in [0.15, 0.2) is 23.9 Å². The number of nitrogens with zero attached hydrogens (tertiary/aromatic N) is 3. The van der Waals surface area contributed by atoms with Crippen molar-refractivity contribution in [1.29, 1.82) is 0 Å². The van der Waals surface area contributed by atoms with E-state index in [1.54, 1.807) is 18.2 Å². The van der Waals surface area contributed by atoms with Gasteiger partial charge in [-0.15, -0.1) is 0 Å². The Morgan fingerprint density at radius 2 is 1.56 bits per heavy atom. The average Bonchev–Trinajstić information content (AvgIpc) is 4.09. The van der Waals surface area contributed by atoms with Gasteiger partial charge in [-0.1, -0.05) is 83.9 Å². The fourth-order valence-corrected chi connectivity index (χ4v) is 12.5. The molecule has 73 heavy (non-hydrogen) atoms. The smallest absolute Gasteiger partial charge is 0.408 e. The summed E-state index contributed by atoms with van der Waals surface area (Å²) in [7, 11) is -4.57. The zero-order chi connectivity index (χ0) is 51.9. The Hall–Kier alpha value is -6.25. The molecule has 3 N–H and O–H groups in total. The highest BCUT2D eigenvalue weighted by Gasteiger charge is 2.58. The number of amides is 1. The molecule has 0 spiro atoms. The number of sulfonamides is 1. The van der Waals surface area contributed by atoms with Crippen molar-refractivity contribution in [1.82, 2.24) is 14.5 Å². The first-order valence-electron chi connectivity index (χ1n) is 23.8. The number of hydrogen-bond acceptors (Lipinski definition) is 11. The Balaban J connectivity index is 0.00000231. The number of alkyl halides is 2. The van der Waals surface area contributed by atoms with Crippen LogP contribution in [-0.2, 0) is 37.4 Å². The Morgan fingerprint density at radius 3 is 2.19 bits per heavy atom. The van der Waals surface area contributed by atoms with Crippen LogP contribution in [0.15, 0.2) is 114 Å². The SMILES string of the molecule is O=C(N[C@@H](c1ccccc1)c1cccc(OCc2ccc(S(=O)(=O)N3CCC[C@@]3(C(=O)O)[C@@H](Cc3c(Cl)c[n+]([O-])cc3Cl)c3ccc(OC(F)F)c(OCC4CC4)c3)cc2)c1)O[C@H]1CN2CCC1CC2.O=CO. The number of benzene rings is 4. The molecule has 1 aliphatic carbocycles. The lowest BCUT2D eigenvalue weighted by molar-refractivity contribution is -0.605. The van der Waals surface area contributed by atoms with Crippen molar-refractivity contribution in [3.8, 4) is 17.2 Å². The number of aliphatic carboxylic acids is 1. The zero-order valence-electron chi connectivity index (χ0n) is 39.4. The largest absolute Gasteiger partial charge is 0.619 e. The van der Waals surface area contributed by atoms with Gasteiger partial charge in [-0.3, -0.25) is 14.5 Å². The molecule has 4 saturated heterocycles. The normalized spacial score (nSPS) is 21.3. The van der Waals surface area contributed by atoms with Gasteiger partial charge in [0.1, 0.15) is 34.0 Å². The molecule has 10 rings (SSSR count). The second-order valence-electron chi connectivity index (χ2n) is 18.5. The van der Waals surface area contributed by atoms with E-state index in [2.05, 4.69) is 10.2 Å². The van der Waals surface area contributed by atoms with Gasteiger partial charge in [0.25, 0.3) is 6.47 Å². The Labute approximate surface area is 431 Å². The van der Waals surface area contributed by atoms with Gasteiger partial charge in [0.05, 0.1) is 17.5 Å². The van der Waals surface area contributed by atoms with Crippen LogP contribution in [-0.4, -0.2) is 97.4 Å². The number of aromatic nitrogens is 1. The molecule has 5 fully saturated rings. The molecule has 0 radical (unpaired) electrons. The fourth-order valence-electron chi connectivity index (χ4n) is 10.1. The molecule has 5 aromatic rings. The molecular formula is C52H54Cl2F2N4O12S. The Bertz CT molecular complexity index is 2840. The second kappa shape index (κ2) is 23.3. The number of ether oxygens (including phenoxy) is 4. The molecule has 5 heterocycles. The number of halogens is 4. The summed E-state index contributed by atoms with van der Waals surface area (Å²) >= 11 is 13.1. The number of carboxylic acid groups (broad SMARTS) is 2. The fraction of sp³-hybridized carbons (Fsp3) is 0.385. The van der Waals surface area contributed by atoms with Crippen LogP contribution < -0.4 is 24.3 Å². The molecule has 5 aliphatic rings. The number of carboxylic acids is 1. The summed E-state index contributed by atoms with van der Waals surface area (Å²) < 4.78 is 81.1. The van der Waals surface area contributed by atoms with E-state index in [1.807, 2.05) is 48.5 Å². The molecule has 4 atom stereocenters. The highest BCUT2D eigenvalue weighted by atomic mass is 35.5. The maximum Gasteiger partial charge on any atom is 0.408 e. The third-order valence-electron chi connectivity index (χ3n) is 13.9. The lowest BCUT2D eigenvalue weighted by Gasteiger charge is -2.43. The van der Waals surface area contributed by atoms with Gasteiger partial charge in [-0.05, 0) is 129 Å².